The summed E-state index contributed by atoms with van der Waals surface area (Å²) in [6.45, 7) is 7.76. The van der Waals surface area contributed by atoms with Crippen LogP contribution >= 0.6 is 0 Å². The quantitative estimate of drug-likeness (QED) is 0.822. The van der Waals surface area contributed by atoms with E-state index in [2.05, 4.69) is 10.3 Å². The lowest BCUT2D eigenvalue weighted by atomic mass is 10.3. The first-order valence-corrected chi connectivity index (χ1v) is 5.61. The lowest BCUT2D eigenvalue weighted by Gasteiger charge is -2.18. The van der Waals surface area contributed by atoms with Crippen LogP contribution in [0.4, 0.5) is 5.82 Å². The second kappa shape index (κ2) is 6.10. The number of nitrogens with one attached hydrogen (secondary N) is 1. The van der Waals surface area contributed by atoms with Crippen molar-refractivity contribution in [2.75, 3.05) is 25.0 Å². The molecule has 0 bridgehead atoms. The van der Waals surface area contributed by atoms with Crippen molar-refractivity contribution in [3.05, 3.63) is 23.9 Å². The summed E-state index contributed by atoms with van der Waals surface area (Å²) in [6.07, 6.45) is 1.74. The van der Waals surface area contributed by atoms with Gasteiger partial charge in [0.2, 0.25) is 5.91 Å². The molecule has 0 aliphatic rings. The Labute approximate surface area is 96.7 Å². The third-order valence-corrected chi connectivity index (χ3v) is 2.45. The Morgan fingerprint density at radius 3 is 2.69 bits per heavy atom. The fourth-order valence-electron chi connectivity index (χ4n) is 1.49. The van der Waals surface area contributed by atoms with E-state index in [-0.39, 0.29) is 5.91 Å². The number of pyridine rings is 1. The Morgan fingerprint density at radius 2 is 2.12 bits per heavy atom. The molecule has 0 unspecified atom stereocenters. The van der Waals surface area contributed by atoms with E-state index in [1.807, 2.05) is 32.9 Å². The van der Waals surface area contributed by atoms with Gasteiger partial charge in [0.1, 0.15) is 5.82 Å². The first kappa shape index (κ1) is 12.5. The highest BCUT2D eigenvalue weighted by Crippen LogP contribution is 2.04. The molecule has 1 heterocycles. The van der Waals surface area contributed by atoms with Gasteiger partial charge in [-0.05, 0) is 38.5 Å². The van der Waals surface area contributed by atoms with Crippen LogP contribution in [0.2, 0.25) is 0 Å². The van der Waals surface area contributed by atoms with Gasteiger partial charge in [0.15, 0.2) is 0 Å². The summed E-state index contributed by atoms with van der Waals surface area (Å²) in [5.41, 5.74) is 1.13. The van der Waals surface area contributed by atoms with Crippen LogP contribution in [0.5, 0.6) is 0 Å². The average Bonchev–Trinajstić information content (AvgIpc) is 2.28. The molecule has 16 heavy (non-hydrogen) atoms. The maximum absolute atomic E-state index is 11.7. The molecule has 1 aromatic rings. The Hall–Kier alpha value is -1.58. The van der Waals surface area contributed by atoms with Crippen LogP contribution in [-0.4, -0.2) is 35.4 Å². The third-order valence-electron chi connectivity index (χ3n) is 2.45. The number of rotatable bonds is 5. The highest BCUT2D eigenvalue weighted by Gasteiger charge is 2.08. The predicted molar refractivity (Wildman–Crippen MR) is 65.4 cm³/mol. The maximum Gasteiger partial charge on any atom is 0.241 e. The fraction of sp³-hybridized carbons (Fsp3) is 0.500. The van der Waals surface area contributed by atoms with Gasteiger partial charge in [-0.25, -0.2) is 4.98 Å². The van der Waals surface area contributed by atoms with Crippen molar-refractivity contribution in [3.63, 3.8) is 0 Å². The minimum atomic E-state index is 0.105. The molecule has 0 saturated heterocycles. The number of hydrogen-bond donors (Lipinski definition) is 1. The van der Waals surface area contributed by atoms with Gasteiger partial charge >= 0.3 is 0 Å². The van der Waals surface area contributed by atoms with Crippen molar-refractivity contribution < 1.29 is 4.79 Å². The molecule has 1 aromatic heterocycles. The van der Waals surface area contributed by atoms with E-state index < -0.39 is 0 Å². The molecule has 0 saturated carbocycles. The second-order valence-corrected chi connectivity index (χ2v) is 3.64. The molecule has 1 amide bonds. The highest BCUT2D eigenvalue weighted by molar-refractivity contribution is 5.80. The van der Waals surface area contributed by atoms with Gasteiger partial charge in [-0.3, -0.25) is 4.79 Å². The third kappa shape index (κ3) is 3.53. The number of carbonyl (C=O) groups excluding carboxylic acids is 1. The van der Waals surface area contributed by atoms with Gasteiger partial charge in [-0.1, -0.05) is 0 Å². The monoisotopic (exact) mass is 221 g/mol. The Balaban J connectivity index is 2.48. The molecular formula is C12H19N3O. The van der Waals surface area contributed by atoms with Crippen LogP contribution in [0.3, 0.4) is 0 Å². The number of carbonyl (C=O) groups is 1. The molecule has 1 rings (SSSR count). The van der Waals surface area contributed by atoms with Crippen molar-refractivity contribution in [3.8, 4) is 0 Å². The number of aryl methyl sites for hydroxylation is 1. The number of amides is 1. The summed E-state index contributed by atoms with van der Waals surface area (Å²) in [5, 5.41) is 3.03. The van der Waals surface area contributed by atoms with Crippen LogP contribution in [-0.2, 0) is 4.79 Å². The van der Waals surface area contributed by atoms with Crippen molar-refractivity contribution in [2.45, 2.75) is 20.8 Å². The van der Waals surface area contributed by atoms with Crippen LogP contribution in [0.25, 0.3) is 0 Å². The molecule has 88 valence electrons. The van der Waals surface area contributed by atoms with Crippen molar-refractivity contribution >= 4 is 11.7 Å². The van der Waals surface area contributed by atoms with Crippen LogP contribution in [0, 0.1) is 6.92 Å². The smallest absolute Gasteiger partial charge is 0.241 e. The summed E-state index contributed by atoms with van der Waals surface area (Å²) in [6, 6.07) is 3.85. The van der Waals surface area contributed by atoms with E-state index >= 15 is 0 Å². The molecule has 0 aromatic carbocycles. The zero-order chi connectivity index (χ0) is 12.0. The zero-order valence-electron chi connectivity index (χ0n) is 10.2. The Kier molecular flexibility index (Phi) is 4.76. The largest absolute Gasteiger partial charge is 0.361 e. The van der Waals surface area contributed by atoms with E-state index in [0.717, 1.165) is 24.5 Å². The molecule has 0 radical (unpaired) electrons. The van der Waals surface area contributed by atoms with Gasteiger partial charge in [-0.2, -0.15) is 0 Å². The number of likely N-dealkylation sites (N-methyl/N-ethyl adjacent to an activating group) is 1. The second-order valence-electron chi connectivity index (χ2n) is 3.64. The average molecular weight is 221 g/mol. The van der Waals surface area contributed by atoms with Gasteiger partial charge in [0, 0.05) is 19.3 Å². The Morgan fingerprint density at radius 1 is 1.44 bits per heavy atom. The zero-order valence-corrected chi connectivity index (χ0v) is 10.2. The molecule has 0 aliphatic heterocycles. The molecule has 0 aliphatic carbocycles. The summed E-state index contributed by atoms with van der Waals surface area (Å²) in [4.78, 5) is 17.6. The van der Waals surface area contributed by atoms with Gasteiger partial charge in [0.05, 0.1) is 6.54 Å². The molecule has 1 N–H and O–H groups in total. The molecule has 4 nitrogen and oxygen atoms in total. The van der Waals surface area contributed by atoms with E-state index in [0.29, 0.717) is 6.54 Å². The van der Waals surface area contributed by atoms with Gasteiger partial charge in [-0.15, -0.1) is 0 Å². The molecule has 4 heteroatoms. The minimum absolute atomic E-state index is 0.105. The summed E-state index contributed by atoms with van der Waals surface area (Å²) in [5.74, 6) is 0.855. The first-order valence-electron chi connectivity index (χ1n) is 5.61. The minimum Gasteiger partial charge on any atom is -0.361 e. The van der Waals surface area contributed by atoms with Crippen molar-refractivity contribution in [1.82, 2.24) is 9.88 Å². The first-order chi connectivity index (χ1) is 7.67. The van der Waals surface area contributed by atoms with Crippen molar-refractivity contribution in [1.29, 1.82) is 0 Å². The molecular weight excluding hydrogens is 202 g/mol. The van der Waals surface area contributed by atoms with E-state index in [4.69, 9.17) is 0 Å². The van der Waals surface area contributed by atoms with E-state index in [1.165, 1.54) is 0 Å². The summed E-state index contributed by atoms with van der Waals surface area (Å²) >= 11 is 0. The topological polar surface area (TPSA) is 45.2 Å². The molecule has 0 spiro atoms. The fourth-order valence-corrected chi connectivity index (χ4v) is 1.49. The lowest BCUT2D eigenvalue weighted by molar-refractivity contribution is -0.128. The lowest BCUT2D eigenvalue weighted by Crippen LogP contribution is -2.35. The van der Waals surface area contributed by atoms with E-state index in [1.54, 1.807) is 11.1 Å². The van der Waals surface area contributed by atoms with Gasteiger partial charge in [0.25, 0.3) is 0 Å². The van der Waals surface area contributed by atoms with Gasteiger partial charge < -0.3 is 10.2 Å². The number of aromatic nitrogens is 1. The number of anilines is 1. The van der Waals surface area contributed by atoms with Crippen LogP contribution in [0.1, 0.15) is 19.4 Å². The standard InChI is InChI=1S/C12H19N3O/c1-4-15(5-2)12(16)9-14-11-8-10(3)6-7-13-11/h6-8H,4-5,9H2,1-3H3,(H,13,14). The Bertz CT molecular complexity index is 348. The maximum atomic E-state index is 11.7. The number of hydrogen-bond acceptors (Lipinski definition) is 3. The highest BCUT2D eigenvalue weighted by atomic mass is 16.2. The molecule has 0 fully saturated rings. The van der Waals surface area contributed by atoms with Crippen LogP contribution < -0.4 is 5.32 Å². The summed E-state index contributed by atoms with van der Waals surface area (Å²) < 4.78 is 0. The van der Waals surface area contributed by atoms with Crippen molar-refractivity contribution in [2.24, 2.45) is 0 Å². The predicted octanol–water partition coefficient (Wildman–Crippen LogP) is 1.67. The van der Waals surface area contributed by atoms with E-state index in [9.17, 15) is 4.79 Å². The van der Waals surface area contributed by atoms with Crippen LogP contribution in [0.15, 0.2) is 18.3 Å². The number of nitrogens with zero attached hydrogens (tertiary/aromatic N) is 2. The SMILES string of the molecule is CCN(CC)C(=O)CNc1cc(C)ccn1. The summed E-state index contributed by atoms with van der Waals surface area (Å²) in [7, 11) is 0. The normalized spacial score (nSPS) is 9.94. The molecule has 0 atom stereocenters.